The van der Waals surface area contributed by atoms with Crippen molar-refractivity contribution in [3.05, 3.63) is 33.3 Å². The standard InChI is InChI=1S/C14H17N5S2/c1-8(6-10-4-3-5-20-10)16-12-11-7-9(2)21-13(11)18-14(17-12)19-15/h3-5,7-8H,6,15H2,1-2H3,(H2,16,17,18,19). The highest BCUT2D eigenvalue weighted by atomic mass is 32.1. The average molecular weight is 319 g/mol. The summed E-state index contributed by atoms with van der Waals surface area (Å²) < 4.78 is 0. The van der Waals surface area contributed by atoms with Gasteiger partial charge in [-0.25, -0.2) is 10.8 Å². The predicted molar refractivity (Wildman–Crippen MR) is 91.1 cm³/mol. The Morgan fingerprint density at radius 3 is 2.95 bits per heavy atom. The van der Waals surface area contributed by atoms with E-state index in [9.17, 15) is 0 Å². The number of hydrogen-bond acceptors (Lipinski definition) is 7. The molecule has 3 aromatic rings. The molecule has 0 aromatic carbocycles. The number of rotatable bonds is 5. The van der Waals surface area contributed by atoms with Gasteiger partial charge < -0.3 is 5.32 Å². The number of nitrogens with one attached hydrogen (secondary N) is 2. The first-order valence-corrected chi connectivity index (χ1v) is 8.39. The Labute approximate surface area is 131 Å². The van der Waals surface area contributed by atoms with Crippen molar-refractivity contribution in [2.45, 2.75) is 26.3 Å². The number of aromatic nitrogens is 2. The van der Waals surface area contributed by atoms with Gasteiger partial charge in [0.15, 0.2) is 0 Å². The molecule has 0 amide bonds. The molecule has 7 heteroatoms. The molecule has 110 valence electrons. The lowest BCUT2D eigenvalue weighted by Gasteiger charge is -2.15. The summed E-state index contributed by atoms with van der Waals surface area (Å²) in [6, 6.07) is 6.63. The van der Waals surface area contributed by atoms with Crippen molar-refractivity contribution in [3.63, 3.8) is 0 Å². The topological polar surface area (TPSA) is 75.9 Å². The Bertz CT molecular complexity index is 735. The maximum Gasteiger partial charge on any atom is 0.240 e. The summed E-state index contributed by atoms with van der Waals surface area (Å²) >= 11 is 3.42. The van der Waals surface area contributed by atoms with Crippen molar-refractivity contribution >= 4 is 44.7 Å². The molecule has 0 saturated carbocycles. The molecule has 0 aliphatic rings. The van der Waals surface area contributed by atoms with Crippen LogP contribution >= 0.6 is 22.7 Å². The molecule has 0 bridgehead atoms. The van der Waals surface area contributed by atoms with Crippen LogP contribution in [0, 0.1) is 6.92 Å². The summed E-state index contributed by atoms with van der Waals surface area (Å²) in [5, 5.41) is 6.63. The lowest BCUT2D eigenvalue weighted by atomic mass is 10.2. The van der Waals surface area contributed by atoms with Crippen molar-refractivity contribution in [1.82, 2.24) is 9.97 Å². The first-order chi connectivity index (χ1) is 10.2. The molecule has 0 fully saturated rings. The molecule has 3 rings (SSSR count). The fourth-order valence-corrected chi connectivity index (χ4v) is 3.95. The van der Waals surface area contributed by atoms with E-state index in [1.54, 1.807) is 22.7 Å². The van der Waals surface area contributed by atoms with Crippen LogP contribution in [-0.2, 0) is 6.42 Å². The number of anilines is 2. The van der Waals surface area contributed by atoms with E-state index < -0.39 is 0 Å². The summed E-state index contributed by atoms with van der Waals surface area (Å²) in [4.78, 5) is 12.4. The van der Waals surface area contributed by atoms with E-state index in [1.807, 2.05) is 0 Å². The Morgan fingerprint density at radius 2 is 2.24 bits per heavy atom. The fourth-order valence-electron chi connectivity index (χ4n) is 2.23. The SMILES string of the molecule is Cc1cc2c(NC(C)Cc3cccs3)nc(NN)nc2s1. The van der Waals surface area contributed by atoms with Crippen LogP contribution < -0.4 is 16.6 Å². The predicted octanol–water partition coefficient (Wildman–Crippen LogP) is 3.39. The number of nitrogen functional groups attached to an aromatic ring is 1. The van der Waals surface area contributed by atoms with E-state index in [0.717, 1.165) is 22.5 Å². The molecule has 0 aliphatic carbocycles. The minimum absolute atomic E-state index is 0.285. The minimum Gasteiger partial charge on any atom is -0.367 e. The number of fused-ring (bicyclic) bond motifs is 1. The van der Waals surface area contributed by atoms with Crippen molar-refractivity contribution < 1.29 is 0 Å². The summed E-state index contributed by atoms with van der Waals surface area (Å²) in [6.07, 6.45) is 0.970. The molecule has 3 aromatic heterocycles. The molecule has 1 unspecified atom stereocenters. The largest absolute Gasteiger partial charge is 0.367 e. The van der Waals surface area contributed by atoms with Crippen LogP contribution in [0.15, 0.2) is 23.6 Å². The molecule has 1 atom stereocenters. The molecule has 5 nitrogen and oxygen atoms in total. The van der Waals surface area contributed by atoms with Gasteiger partial charge in [-0.15, -0.1) is 22.7 Å². The second kappa shape index (κ2) is 5.97. The summed E-state index contributed by atoms with van der Waals surface area (Å²) in [6.45, 7) is 4.23. The van der Waals surface area contributed by atoms with E-state index in [2.05, 4.69) is 58.1 Å². The van der Waals surface area contributed by atoms with Gasteiger partial charge in [-0.2, -0.15) is 4.98 Å². The number of nitrogens with two attached hydrogens (primary N) is 1. The zero-order valence-corrected chi connectivity index (χ0v) is 13.5. The Hall–Kier alpha value is -1.70. The van der Waals surface area contributed by atoms with Crippen LogP contribution in [0.2, 0.25) is 0 Å². The highest BCUT2D eigenvalue weighted by molar-refractivity contribution is 7.18. The van der Waals surface area contributed by atoms with Crippen LogP contribution in [-0.4, -0.2) is 16.0 Å². The van der Waals surface area contributed by atoms with Gasteiger partial charge in [-0.1, -0.05) is 6.07 Å². The van der Waals surface area contributed by atoms with Gasteiger partial charge in [0.05, 0.1) is 5.39 Å². The van der Waals surface area contributed by atoms with Crippen LogP contribution in [0.1, 0.15) is 16.7 Å². The van der Waals surface area contributed by atoms with Gasteiger partial charge in [0.25, 0.3) is 0 Å². The quantitative estimate of drug-likeness (QED) is 0.496. The van der Waals surface area contributed by atoms with Gasteiger partial charge in [0.1, 0.15) is 10.6 Å². The summed E-state index contributed by atoms with van der Waals surface area (Å²) in [5.41, 5.74) is 2.53. The second-order valence-corrected chi connectivity index (χ2v) is 7.21. The van der Waals surface area contributed by atoms with Crippen molar-refractivity contribution in [1.29, 1.82) is 0 Å². The zero-order chi connectivity index (χ0) is 14.8. The summed E-state index contributed by atoms with van der Waals surface area (Å²) in [7, 11) is 0. The smallest absolute Gasteiger partial charge is 0.240 e. The van der Waals surface area contributed by atoms with Crippen molar-refractivity contribution in [3.8, 4) is 0 Å². The van der Waals surface area contributed by atoms with E-state index in [4.69, 9.17) is 5.84 Å². The van der Waals surface area contributed by atoms with Crippen LogP contribution in [0.5, 0.6) is 0 Å². The molecule has 0 spiro atoms. The van der Waals surface area contributed by atoms with Gasteiger partial charge in [0.2, 0.25) is 5.95 Å². The number of nitrogens with zero attached hydrogens (tertiary/aromatic N) is 2. The van der Waals surface area contributed by atoms with Crippen molar-refractivity contribution in [2.75, 3.05) is 10.7 Å². The fraction of sp³-hybridized carbons (Fsp3) is 0.286. The molecule has 0 aliphatic heterocycles. The Morgan fingerprint density at radius 1 is 1.38 bits per heavy atom. The molecule has 4 N–H and O–H groups in total. The molecular formula is C14H17N5S2. The molecule has 0 radical (unpaired) electrons. The van der Waals surface area contributed by atoms with Crippen LogP contribution in [0.3, 0.4) is 0 Å². The molecule has 0 saturated heterocycles. The third-order valence-corrected chi connectivity index (χ3v) is 4.96. The van der Waals surface area contributed by atoms with Gasteiger partial charge in [-0.05, 0) is 31.4 Å². The molecule has 3 heterocycles. The molecular weight excluding hydrogens is 302 g/mol. The highest BCUT2D eigenvalue weighted by Crippen LogP contribution is 2.30. The van der Waals surface area contributed by atoms with E-state index in [-0.39, 0.29) is 6.04 Å². The van der Waals surface area contributed by atoms with Crippen molar-refractivity contribution in [2.24, 2.45) is 5.84 Å². The van der Waals surface area contributed by atoms with Crippen LogP contribution in [0.4, 0.5) is 11.8 Å². The van der Waals surface area contributed by atoms with Gasteiger partial charge in [-0.3, -0.25) is 5.43 Å². The molecule has 21 heavy (non-hydrogen) atoms. The maximum atomic E-state index is 5.46. The third-order valence-electron chi connectivity index (χ3n) is 3.12. The lowest BCUT2D eigenvalue weighted by Crippen LogP contribution is -2.19. The average Bonchev–Trinajstić information content (AvgIpc) is 3.06. The summed E-state index contributed by atoms with van der Waals surface area (Å²) in [5.74, 6) is 6.74. The highest BCUT2D eigenvalue weighted by Gasteiger charge is 2.13. The van der Waals surface area contributed by atoms with Gasteiger partial charge in [0, 0.05) is 22.2 Å². The zero-order valence-electron chi connectivity index (χ0n) is 11.9. The number of hydrazine groups is 1. The Balaban J connectivity index is 1.88. The number of aryl methyl sites for hydroxylation is 1. The van der Waals surface area contributed by atoms with E-state index >= 15 is 0 Å². The first kappa shape index (κ1) is 14.2. The van der Waals surface area contributed by atoms with Gasteiger partial charge >= 0.3 is 0 Å². The second-order valence-electron chi connectivity index (χ2n) is 4.94. The number of hydrogen-bond donors (Lipinski definition) is 3. The number of thiophene rings is 2. The normalized spacial score (nSPS) is 12.5. The van der Waals surface area contributed by atoms with Crippen LogP contribution in [0.25, 0.3) is 10.2 Å². The first-order valence-electron chi connectivity index (χ1n) is 6.69. The third kappa shape index (κ3) is 3.15. The monoisotopic (exact) mass is 319 g/mol. The minimum atomic E-state index is 0.285. The van der Waals surface area contributed by atoms with E-state index in [0.29, 0.717) is 5.95 Å². The lowest BCUT2D eigenvalue weighted by molar-refractivity contribution is 0.796. The van der Waals surface area contributed by atoms with E-state index in [1.165, 1.54) is 9.75 Å². The Kier molecular flexibility index (Phi) is 4.05. The maximum absolute atomic E-state index is 5.46.